The van der Waals surface area contributed by atoms with Gasteiger partial charge in [-0.1, -0.05) is 116 Å². The Kier molecular flexibility index (Phi) is 38.9. The van der Waals surface area contributed by atoms with Gasteiger partial charge in [-0.2, -0.15) is 11.8 Å². The first-order valence-corrected chi connectivity index (χ1v) is 35.9. The summed E-state index contributed by atoms with van der Waals surface area (Å²) in [6.07, 6.45) is 3.11. The number of hydrogen-bond donors (Lipinski definition) is 7. The first-order chi connectivity index (χ1) is 44.2. The molecule has 7 N–H and O–H groups in total. The van der Waals surface area contributed by atoms with Gasteiger partial charge in [-0.05, 0) is 119 Å². The number of thioether (sulfide) groups is 1. The van der Waals surface area contributed by atoms with Crippen LogP contribution in [0.15, 0.2) is 0 Å². The smallest absolute Gasteiger partial charge is 0.246 e. The SMILES string of the molecule is CC[C@@H]1NC(=O)[C@H]([C@H](O)[C@H](C)CCCCCCO)N(C)C(=O)[C@H](C(C)C)N(C)C(=O)[C@H](CC(C)C)N(C)C(=O)[C@H](CC(C)C)N(C)C(=O)[C@H](C)NC(=O)[C@@H](C)NC(=O)[C@@H](CC(C)C)N(C)C(=O)[C@@H](C(C)C)NC(=O)[C@H](CC(C)C)N(C)C(=O)[C@@H](CSCCCCO)N(C)C1=O. The predicted molar refractivity (Wildman–Crippen MR) is 372 cm³/mol. The summed E-state index contributed by atoms with van der Waals surface area (Å²) in [7, 11) is 10.0. The van der Waals surface area contributed by atoms with Gasteiger partial charge in [0.1, 0.15) is 66.5 Å². The molecule has 0 aromatic carbocycles. The van der Waals surface area contributed by atoms with Gasteiger partial charge in [0.15, 0.2) is 0 Å². The molecule has 95 heavy (non-hydrogen) atoms. The second kappa shape index (κ2) is 42.3. The molecule has 1 saturated heterocycles. The molecule has 13 atom stereocenters. The summed E-state index contributed by atoms with van der Waals surface area (Å²) in [5, 5.41) is 42.6. The molecule has 0 bridgehead atoms. The average Bonchev–Trinajstić information content (AvgIpc) is 0.811. The molecule has 1 fully saturated rings. The molecule has 0 aliphatic carbocycles. The molecule has 1 heterocycles. The summed E-state index contributed by atoms with van der Waals surface area (Å²) in [5.41, 5.74) is 0. The van der Waals surface area contributed by atoms with Crippen molar-refractivity contribution in [1.82, 2.24) is 55.6 Å². The lowest BCUT2D eigenvalue weighted by molar-refractivity contribution is -0.157. The topological polar surface area (TPSA) is 319 Å². The first-order valence-electron chi connectivity index (χ1n) is 34.7. The molecule has 0 aromatic heterocycles. The fraction of sp³-hybridized carbons (Fsp3) is 0.841. The number of carbonyl (C=O) groups is 11. The monoisotopic (exact) mass is 1370 g/mol. The van der Waals surface area contributed by atoms with E-state index < -0.39 is 155 Å². The van der Waals surface area contributed by atoms with Crippen molar-refractivity contribution in [2.45, 2.75) is 260 Å². The predicted octanol–water partition coefficient (Wildman–Crippen LogP) is 4.12. The zero-order valence-corrected chi connectivity index (χ0v) is 63.0. The lowest BCUT2D eigenvalue weighted by atomic mass is 9.90. The van der Waals surface area contributed by atoms with Gasteiger partial charge in [0.05, 0.1) is 6.10 Å². The summed E-state index contributed by atoms with van der Waals surface area (Å²) < 4.78 is 0. The van der Waals surface area contributed by atoms with Crippen LogP contribution >= 0.6 is 11.8 Å². The molecule has 25 nitrogen and oxygen atoms in total. The lowest BCUT2D eigenvalue weighted by Gasteiger charge is -2.41. The molecular weight excluding hydrogens is 1240 g/mol. The van der Waals surface area contributed by atoms with Crippen molar-refractivity contribution in [3.05, 3.63) is 0 Å². The highest BCUT2D eigenvalue weighted by Crippen LogP contribution is 2.27. The molecule has 1 rings (SSSR count). The second-order valence-corrected chi connectivity index (χ2v) is 30.1. The van der Waals surface area contributed by atoms with Gasteiger partial charge < -0.3 is 70.9 Å². The molecular formula is C69H127N11O14S. The van der Waals surface area contributed by atoms with Gasteiger partial charge in [-0.15, -0.1) is 0 Å². The molecule has 0 saturated carbocycles. The maximum atomic E-state index is 15.4. The van der Waals surface area contributed by atoms with E-state index in [4.69, 9.17) is 0 Å². The summed E-state index contributed by atoms with van der Waals surface area (Å²) in [6.45, 7) is 28.1. The van der Waals surface area contributed by atoms with Crippen LogP contribution in [0.4, 0.5) is 0 Å². The van der Waals surface area contributed by atoms with Crippen molar-refractivity contribution < 1.29 is 68.1 Å². The minimum Gasteiger partial charge on any atom is -0.396 e. The van der Waals surface area contributed by atoms with Crippen LogP contribution in [0.2, 0.25) is 0 Å². The summed E-state index contributed by atoms with van der Waals surface area (Å²) in [5.74, 6) is -9.48. The zero-order valence-electron chi connectivity index (χ0n) is 62.2. The van der Waals surface area contributed by atoms with Gasteiger partial charge in [0, 0.05) is 68.3 Å². The Bertz CT molecular complexity index is 2490. The molecule has 1 aliphatic heterocycles. The van der Waals surface area contributed by atoms with E-state index in [1.165, 1.54) is 104 Å². The Morgan fingerprint density at radius 3 is 1.27 bits per heavy atom. The minimum atomic E-state index is -1.65. The van der Waals surface area contributed by atoms with E-state index >= 15 is 28.8 Å². The number of aliphatic hydroxyl groups is 3. The van der Waals surface area contributed by atoms with Crippen LogP contribution < -0.4 is 21.3 Å². The van der Waals surface area contributed by atoms with Crippen LogP contribution in [0, 0.1) is 41.4 Å². The van der Waals surface area contributed by atoms with E-state index in [0.29, 0.717) is 44.3 Å². The highest BCUT2D eigenvalue weighted by atomic mass is 32.2. The van der Waals surface area contributed by atoms with Crippen molar-refractivity contribution in [3.63, 3.8) is 0 Å². The third-order valence-electron chi connectivity index (χ3n) is 18.2. The summed E-state index contributed by atoms with van der Waals surface area (Å²) >= 11 is 1.35. The Balaban J connectivity index is 4.54. The molecule has 0 spiro atoms. The van der Waals surface area contributed by atoms with E-state index in [0.717, 1.165) is 11.3 Å². The molecule has 1 aliphatic rings. The van der Waals surface area contributed by atoms with E-state index in [1.807, 2.05) is 55.4 Å². The number of carbonyl (C=O) groups excluding carboxylic acids is 11. The maximum Gasteiger partial charge on any atom is 0.246 e. The van der Waals surface area contributed by atoms with Crippen LogP contribution in [0.25, 0.3) is 0 Å². The van der Waals surface area contributed by atoms with Crippen LogP contribution in [-0.2, 0) is 52.7 Å². The fourth-order valence-corrected chi connectivity index (χ4v) is 13.3. The quantitative estimate of drug-likeness (QED) is 0.0633. The van der Waals surface area contributed by atoms with Gasteiger partial charge in [0.2, 0.25) is 65.0 Å². The zero-order chi connectivity index (χ0) is 73.2. The Hall–Kier alpha value is -5.60. The van der Waals surface area contributed by atoms with E-state index in [9.17, 15) is 39.3 Å². The van der Waals surface area contributed by atoms with Gasteiger partial charge >= 0.3 is 0 Å². The summed E-state index contributed by atoms with van der Waals surface area (Å²) in [6, 6.07) is -13.9. The number of nitrogens with zero attached hydrogens (tertiary/aromatic N) is 7. The maximum absolute atomic E-state index is 15.4. The van der Waals surface area contributed by atoms with Gasteiger partial charge in [-0.3, -0.25) is 52.7 Å². The van der Waals surface area contributed by atoms with Crippen molar-refractivity contribution in [1.29, 1.82) is 0 Å². The molecule has 548 valence electrons. The fourth-order valence-electron chi connectivity index (χ4n) is 12.1. The van der Waals surface area contributed by atoms with E-state index in [-0.39, 0.29) is 74.7 Å². The van der Waals surface area contributed by atoms with E-state index in [2.05, 4.69) is 21.3 Å². The van der Waals surface area contributed by atoms with Crippen molar-refractivity contribution >= 4 is 76.7 Å². The number of unbranched alkanes of at least 4 members (excludes halogenated alkanes) is 4. The molecule has 11 amide bonds. The summed E-state index contributed by atoms with van der Waals surface area (Å²) in [4.78, 5) is 173. The molecule has 26 heteroatoms. The largest absolute Gasteiger partial charge is 0.396 e. The lowest BCUT2D eigenvalue weighted by Crippen LogP contribution is -2.64. The number of aliphatic hydroxyl groups excluding tert-OH is 3. The Morgan fingerprint density at radius 1 is 0.400 bits per heavy atom. The van der Waals surface area contributed by atoms with Crippen LogP contribution in [-0.4, -0.2) is 261 Å². The van der Waals surface area contributed by atoms with E-state index in [1.54, 1.807) is 41.5 Å². The number of rotatable bonds is 25. The van der Waals surface area contributed by atoms with Crippen LogP contribution in [0.1, 0.15) is 188 Å². The number of hydrogen-bond acceptors (Lipinski definition) is 15. The minimum absolute atomic E-state index is 0.0162. The molecule has 0 unspecified atom stereocenters. The van der Waals surface area contributed by atoms with Crippen LogP contribution in [0.5, 0.6) is 0 Å². The number of amides is 11. The van der Waals surface area contributed by atoms with Crippen molar-refractivity contribution in [3.8, 4) is 0 Å². The van der Waals surface area contributed by atoms with Crippen molar-refractivity contribution in [2.75, 3.05) is 74.1 Å². The number of likely N-dealkylation sites (N-methyl/N-ethyl adjacent to an activating group) is 7. The standard InChI is InChI=1S/C69H127N11O14S/c1-24-49-64(89)78(21)54(39-95-34-30-29-33-82)67(92)74(17)51(36-41(4)5)61(86)73-55(44(10)11)68(93)75(18)50(35-40(2)3)60(85)70-47(15)59(84)71-48(16)63(88)76(19)52(37-42(6)7)65(90)77(20)53(38-43(8)9)66(91)79(22)56(45(12)13)69(94)80(23)57(62(87)72-49)58(83)46(14)31-27-25-26-28-32-81/h40-58,81-83H,24-39H2,1-23H3,(H,70,85)(H,71,84)(H,72,87)(H,73,86)/t46-,47-,48+,49+,50-,51+,52+,53+,54-,55-,56+,57+,58-/m1/s1. The number of nitrogens with one attached hydrogen (secondary N) is 4. The third-order valence-corrected chi connectivity index (χ3v) is 19.3. The second-order valence-electron chi connectivity index (χ2n) is 28.9. The first kappa shape index (κ1) is 87.4. The van der Waals surface area contributed by atoms with Gasteiger partial charge in [-0.25, -0.2) is 0 Å². The molecule has 0 aromatic rings. The normalized spacial score (nSPS) is 26.0. The Morgan fingerprint density at radius 2 is 0.800 bits per heavy atom. The Labute approximate surface area is 573 Å². The average molecular weight is 1370 g/mol. The van der Waals surface area contributed by atoms with Gasteiger partial charge in [0.25, 0.3) is 0 Å². The van der Waals surface area contributed by atoms with Crippen molar-refractivity contribution in [2.24, 2.45) is 41.4 Å². The third kappa shape index (κ3) is 26.3. The highest BCUT2D eigenvalue weighted by molar-refractivity contribution is 7.99. The highest BCUT2D eigenvalue weighted by Gasteiger charge is 2.46. The van der Waals surface area contributed by atoms with Crippen LogP contribution in [0.3, 0.4) is 0 Å². The molecule has 0 radical (unpaired) electrons.